The maximum Gasteiger partial charge on any atom is 0.288 e. The fraction of sp³-hybridized carbons (Fsp3) is 0. The molecule has 0 unspecified atom stereocenters. The summed E-state index contributed by atoms with van der Waals surface area (Å²) in [6.07, 6.45) is 0.980. The van der Waals surface area contributed by atoms with E-state index in [0.717, 1.165) is 12.3 Å². The number of hydrogen-bond acceptors (Lipinski definition) is 6. The number of carbonyl (C=O) groups is 1. The molecule has 20 heavy (non-hydrogen) atoms. The van der Waals surface area contributed by atoms with Gasteiger partial charge in [-0.1, -0.05) is 6.07 Å². The van der Waals surface area contributed by atoms with E-state index in [-0.39, 0.29) is 17.1 Å². The molecule has 1 aromatic carbocycles. The van der Waals surface area contributed by atoms with Crippen molar-refractivity contribution >= 4 is 17.3 Å². The van der Waals surface area contributed by atoms with E-state index in [9.17, 15) is 14.9 Å². The molecule has 0 aliphatic carbocycles. The summed E-state index contributed by atoms with van der Waals surface area (Å²) >= 11 is 0. The minimum Gasteiger partial charge on any atom is -0.438 e. The van der Waals surface area contributed by atoms with Crippen LogP contribution in [0.15, 0.2) is 36.5 Å². The van der Waals surface area contributed by atoms with Crippen LogP contribution in [-0.2, 0) is 0 Å². The SMILES string of the molecule is NC(=O)c1cc([N+](=O)[O-])cnc1Oc1cccc(N)c1. The first-order valence-corrected chi connectivity index (χ1v) is 5.45. The smallest absolute Gasteiger partial charge is 0.288 e. The number of anilines is 1. The number of nitrogens with zero attached hydrogens (tertiary/aromatic N) is 2. The Kier molecular flexibility index (Phi) is 3.47. The molecule has 8 nitrogen and oxygen atoms in total. The third-order valence-electron chi connectivity index (χ3n) is 2.39. The van der Waals surface area contributed by atoms with Gasteiger partial charge < -0.3 is 16.2 Å². The van der Waals surface area contributed by atoms with Crippen molar-refractivity contribution in [2.75, 3.05) is 5.73 Å². The van der Waals surface area contributed by atoms with Gasteiger partial charge in [0, 0.05) is 17.8 Å². The second kappa shape index (κ2) is 5.22. The summed E-state index contributed by atoms with van der Waals surface area (Å²) in [5.74, 6) is -0.650. The molecule has 0 spiro atoms. The van der Waals surface area contributed by atoms with E-state index in [0.29, 0.717) is 11.4 Å². The first kappa shape index (κ1) is 13.3. The molecular weight excluding hydrogens is 264 g/mol. The maximum atomic E-state index is 11.3. The summed E-state index contributed by atoms with van der Waals surface area (Å²) in [6, 6.07) is 7.44. The number of nitrogen functional groups attached to an aromatic ring is 1. The number of hydrogen-bond donors (Lipinski definition) is 2. The lowest BCUT2D eigenvalue weighted by atomic mass is 10.2. The van der Waals surface area contributed by atoms with Crippen molar-refractivity contribution in [3.63, 3.8) is 0 Å². The van der Waals surface area contributed by atoms with Gasteiger partial charge in [-0.2, -0.15) is 0 Å². The molecule has 2 rings (SSSR count). The number of primary amides is 1. The van der Waals surface area contributed by atoms with Crippen LogP contribution in [0, 0.1) is 10.1 Å². The van der Waals surface area contributed by atoms with Gasteiger partial charge in [0.25, 0.3) is 11.6 Å². The molecule has 0 atom stereocenters. The number of nitrogens with two attached hydrogens (primary N) is 2. The highest BCUT2D eigenvalue weighted by Gasteiger charge is 2.17. The number of rotatable bonds is 4. The van der Waals surface area contributed by atoms with Gasteiger partial charge in [0.2, 0.25) is 5.88 Å². The first-order chi connectivity index (χ1) is 9.47. The molecule has 102 valence electrons. The number of ether oxygens (including phenoxy) is 1. The Balaban J connectivity index is 2.41. The van der Waals surface area contributed by atoms with Crippen LogP contribution in [0.1, 0.15) is 10.4 Å². The van der Waals surface area contributed by atoms with E-state index in [4.69, 9.17) is 16.2 Å². The number of carbonyl (C=O) groups excluding carboxylic acids is 1. The van der Waals surface area contributed by atoms with Crippen LogP contribution in [0.5, 0.6) is 11.6 Å². The van der Waals surface area contributed by atoms with Gasteiger partial charge in [-0.05, 0) is 12.1 Å². The summed E-state index contributed by atoms with van der Waals surface area (Å²) in [5, 5.41) is 10.6. The van der Waals surface area contributed by atoms with E-state index in [1.807, 2.05) is 0 Å². The van der Waals surface area contributed by atoms with Crippen molar-refractivity contribution in [2.24, 2.45) is 5.73 Å². The molecule has 1 amide bonds. The Labute approximate surface area is 113 Å². The monoisotopic (exact) mass is 274 g/mol. The van der Waals surface area contributed by atoms with Gasteiger partial charge in [-0.3, -0.25) is 14.9 Å². The fourth-order valence-electron chi connectivity index (χ4n) is 1.49. The second-order valence-corrected chi connectivity index (χ2v) is 3.84. The van der Waals surface area contributed by atoms with Crippen molar-refractivity contribution in [1.82, 2.24) is 4.98 Å². The Morgan fingerprint density at radius 1 is 1.35 bits per heavy atom. The van der Waals surface area contributed by atoms with Gasteiger partial charge in [-0.25, -0.2) is 4.98 Å². The zero-order chi connectivity index (χ0) is 14.7. The largest absolute Gasteiger partial charge is 0.438 e. The predicted molar refractivity (Wildman–Crippen MR) is 70.3 cm³/mol. The highest BCUT2D eigenvalue weighted by atomic mass is 16.6. The van der Waals surface area contributed by atoms with Gasteiger partial charge in [0.15, 0.2) is 0 Å². The topological polar surface area (TPSA) is 134 Å². The Morgan fingerprint density at radius 2 is 2.10 bits per heavy atom. The number of amides is 1. The average Bonchev–Trinajstić information content (AvgIpc) is 2.38. The van der Waals surface area contributed by atoms with E-state index in [1.165, 1.54) is 6.07 Å². The molecule has 2 aromatic rings. The highest BCUT2D eigenvalue weighted by molar-refractivity contribution is 5.95. The van der Waals surface area contributed by atoms with Crippen LogP contribution >= 0.6 is 0 Å². The third kappa shape index (κ3) is 2.80. The molecule has 0 bridgehead atoms. The van der Waals surface area contributed by atoms with E-state index in [1.54, 1.807) is 18.2 Å². The van der Waals surface area contributed by atoms with Crippen LogP contribution in [0.3, 0.4) is 0 Å². The van der Waals surface area contributed by atoms with Crippen molar-refractivity contribution in [3.05, 3.63) is 52.2 Å². The lowest BCUT2D eigenvalue weighted by Gasteiger charge is -2.08. The van der Waals surface area contributed by atoms with Crippen molar-refractivity contribution < 1.29 is 14.5 Å². The molecule has 0 radical (unpaired) electrons. The van der Waals surface area contributed by atoms with Crippen LogP contribution in [0.2, 0.25) is 0 Å². The fourth-order valence-corrected chi connectivity index (χ4v) is 1.49. The number of pyridine rings is 1. The van der Waals surface area contributed by atoms with Crippen molar-refractivity contribution in [1.29, 1.82) is 0 Å². The van der Waals surface area contributed by atoms with E-state index < -0.39 is 10.8 Å². The summed E-state index contributed by atoms with van der Waals surface area (Å²) in [6.45, 7) is 0. The van der Waals surface area contributed by atoms with Gasteiger partial charge in [0.05, 0.1) is 4.92 Å². The van der Waals surface area contributed by atoms with Crippen LogP contribution < -0.4 is 16.2 Å². The molecule has 0 saturated heterocycles. The van der Waals surface area contributed by atoms with Gasteiger partial charge >= 0.3 is 0 Å². The standard InChI is InChI=1S/C12H10N4O4/c13-7-2-1-3-9(4-7)20-12-10(11(14)17)5-8(6-15-12)16(18)19/h1-6H,13H2,(H2,14,17). The first-order valence-electron chi connectivity index (χ1n) is 5.45. The normalized spacial score (nSPS) is 10.0. The number of benzene rings is 1. The summed E-state index contributed by atoms with van der Waals surface area (Å²) < 4.78 is 5.37. The Hall–Kier alpha value is -3.16. The zero-order valence-electron chi connectivity index (χ0n) is 10.1. The van der Waals surface area contributed by atoms with E-state index in [2.05, 4.69) is 4.98 Å². The van der Waals surface area contributed by atoms with Crippen LogP contribution in [-0.4, -0.2) is 15.8 Å². The molecule has 8 heteroatoms. The summed E-state index contributed by atoms with van der Waals surface area (Å²) in [4.78, 5) is 25.0. The third-order valence-corrected chi connectivity index (χ3v) is 2.39. The average molecular weight is 274 g/mol. The predicted octanol–water partition coefficient (Wildman–Crippen LogP) is 1.46. The quantitative estimate of drug-likeness (QED) is 0.492. The van der Waals surface area contributed by atoms with Crippen molar-refractivity contribution in [3.8, 4) is 11.6 Å². The van der Waals surface area contributed by atoms with Crippen LogP contribution in [0.25, 0.3) is 0 Å². The van der Waals surface area contributed by atoms with Gasteiger partial charge in [0.1, 0.15) is 17.5 Å². The lowest BCUT2D eigenvalue weighted by Crippen LogP contribution is -2.13. The molecule has 1 aromatic heterocycles. The lowest BCUT2D eigenvalue weighted by molar-refractivity contribution is -0.385. The molecule has 0 aliphatic heterocycles. The molecule has 0 aliphatic rings. The summed E-state index contributed by atoms with van der Waals surface area (Å²) in [5.41, 5.74) is 10.7. The maximum absolute atomic E-state index is 11.3. The molecular formula is C12H10N4O4. The Bertz CT molecular complexity index is 687. The molecule has 0 saturated carbocycles. The number of nitro groups is 1. The minimum atomic E-state index is -0.875. The molecule has 0 fully saturated rings. The second-order valence-electron chi connectivity index (χ2n) is 3.84. The van der Waals surface area contributed by atoms with Crippen LogP contribution in [0.4, 0.5) is 11.4 Å². The Morgan fingerprint density at radius 3 is 2.70 bits per heavy atom. The minimum absolute atomic E-state index is 0.117. The summed E-state index contributed by atoms with van der Waals surface area (Å²) in [7, 11) is 0. The molecule has 1 heterocycles. The zero-order valence-corrected chi connectivity index (χ0v) is 10.1. The molecule has 4 N–H and O–H groups in total. The van der Waals surface area contributed by atoms with E-state index >= 15 is 0 Å². The van der Waals surface area contributed by atoms with Crippen molar-refractivity contribution in [2.45, 2.75) is 0 Å². The van der Waals surface area contributed by atoms with Gasteiger partial charge in [-0.15, -0.1) is 0 Å². The highest BCUT2D eigenvalue weighted by Crippen LogP contribution is 2.26. The number of aromatic nitrogens is 1.